The van der Waals surface area contributed by atoms with Crippen molar-refractivity contribution >= 4 is 27.3 Å². The van der Waals surface area contributed by atoms with Crippen molar-refractivity contribution < 1.29 is 14.7 Å². The molecule has 2 fully saturated rings. The van der Waals surface area contributed by atoms with E-state index in [1.54, 1.807) is 14.0 Å². The standard InChI is InChI=1S/C21H25N5O4S/c1-10-13(11(2)23-22-10)7-14-15(20(28)26-8-21(3,29)9-30-26)16-18(31-14)17(12-5-6-12)24-25(4)19(16)27/h12,29H,5-9H2,1-4H3,(H,22,23)/t21-/m0/s1. The van der Waals surface area contributed by atoms with Gasteiger partial charge in [-0.05, 0) is 33.6 Å². The molecular weight excluding hydrogens is 418 g/mol. The van der Waals surface area contributed by atoms with Crippen LogP contribution in [-0.4, -0.2) is 54.8 Å². The molecule has 1 saturated heterocycles. The maximum absolute atomic E-state index is 13.6. The summed E-state index contributed by atoms with van der Waals surface area (Å²) in [5, 5.41) is 23.7. The summed E-state index contributed by atoms with van der Waals surface area (Å²) in [5.41, 5.74) is 2.62. The van der Waals surface area contributed by atoms with Gasteiger partial charge in [0, 0.05) is 35.5 Å². The molecule has 3 aromatic rings. The average Bonchev–Trinajstić information content (AvgIpc) is 3.29. The van der Waals surface area contributed by atoms with E-state index < -0.39 is 11.5 Å². The van der Waals surface area contributed by atoms with E-state index in [4.69, 9.17) is 4.84 Å². The highest BCUT2D eigenvalue weighted by molar-refractivity contribution is 7.19. The monoisotopic (exact) mass is 443 g/mol. The van der Waals surface area contributed by atoms with Crippen LogP contribution in [0.5, 0.6) is 0 Å². The van der Waals surface area contributed by atoms with Crippen LogP contribution in [-0.2, 0) is 18.3 Å². The molecule has 0 aromatic carbocycles. The zero-order valence-electron chi connectivity index (χ0n) is 18.0. The van der Waals surface area contributed by atoms with Gasteiger partial charge in [-0.1, -0.05) is 0 Å². The number of aromatic amines is 1. The highest BCUT2D eigenvalue weighted by Crippen LogP contribution is 2.45. The summed E-state index contributed by atoms with van der Waals surface area (Å²) in [7, 11) is 1.63. The number of aliphatic hydroxyl groups is 1. The lowest BCUT2D eigenvalue weighted by atomic mass is 10.0. The predicted molar refractivity (Wildman–Crippen MR) is 115 cm³/mol. The Balaban J connectivity index is 1.72. The van der Waals surface area contributed by atoms with Crippen LogP contribution < -0.4 is 5.56 Å². The van der Waals surface area contributed by atoms with Gasteiger partial charge in [-0.3, -0.25) is 19.5 Å². The molecule has 2 N–H and O–H groups in total. The molecule has 9 nitrogen and oxygen atoms in total. The Morgan fingerprint density at radius 1 is 1.39 bits per heavy atom. The number of nitrogens with zero attached hydrogens (tertiary/aromatic N) is 4. The van der Waals surface area contributed by atoms with Crippen LogP contribution in [0.4, 0.5) is 0 Å². The Morgan fingerprint density at radius 3 is 2.71 bits per heavy atom. The van der Waals surface area contributed by atoms with E-state index in [2.05, 4.69) is 15.3 Å². The first-order valence-electron chi connectivity index (χ1n) is 10.4. The molecule has 1 amide bonds. The number of fused-ring (bicyclic) bond motifs is 1. The molecule has 164 valence electrons. The minimum atomic E-state index is -1.12. The first-order chi connectivity index (χ1) is 14.7. The van der Waals surface area contributed by atoms with Gasteiger partial charge in [0.05, 0.1) is 33.6 Å². The number of hydroxylamine groups is 2. The second-order valence-corrected chi connectivity index (χ2v) is 10.00. The number of β-amino-alcohol motifs (C(OH)–C–C–N with tert-alkyl or cyclic N) is 1. The van der Waals surface area contributed by atoms with Crippen molar-refractivity contribution in [3.63, 3.8) is 0 Å². The van der Waals surface area contributed by atoms with E-state index in [9.17, 15) is 14.7 Å². The Bertz CT molecular complexity index is 1250. The van der Waals surface area contributed by atoms with Crippen molar-refractivity contribution in [1.82, 2.24) is 25.0 Å². The van der Waals surface area contributed by atoms with Crippen LogP contribution in [0.15, 0.2) is 4.79 Å². The smallest absolute Gasteiger partial charge is 0.279 e. The molecule has 0 radical (unpaired) electrons. The number of carbonyl (C=O) groups is 1. The van der Waals surface area contributed by atoms with E-state index in [0.717, 1.165) is 45.1 Å². The molecule has 1 saturated carbocycles. The molecule has 2 aliphatic rings. The van der Waals surface area contributed by atoms with Gasteiger partial charge >= 0.3 is 0 Å². The molecule has 1 atom stereocenters. The first-order valence-corrected chi connectivity index (χ1v) is 11.2. The summed E-state index contributed by atoms with van der Waals surface area (Å²) in [6, 6.07) is 0. The van der Waals surface area contributed by atoms with E-state index >= 15 is 0 Å². The number of H-pyrrole nitrogens is 1. The largest absolute Gasteiger partial charge is 0.386 e. The number of rotatable bonds is 4. The normalized spacial score (nSPS) is 21.4. The van der Waals surface area contributed by atoms with Crippen LogP contribution in [0.3, 0.4) is 0 Å². The Labute approximate surface area is 182 Å². The summed E-state index contributed by atoms with van der Waals surface area (Å²) in [4.78, 5) is 33.0. The Morgan fingerprint density at radius 2 is 2.13 bits per heavy atom. The highest BCUT2D eigenvalue weighted by atomic mass is 32.1. The molecule has 31 heavy (non-hydrogen) atoms. The maximum atomic E-state index is 13.6. The molecule has 0 bridgehead atoms. The van der Waals surface area contributed by atoms with Crippen LogP contribution >= 0.6 is 11.3 Å². The van der Waals surface area contributed by atoms with E-state index in [1.807, 2.05) is 13.8 Å². The van der Waals surface area contributed by atoms with Gasteiger partial charge < -0.3 is 5.11 Å². The Hall–Kier alpha value is -2.56. The van der Waals surface area contributed by atoms with Gasteiger partial charge in [-0.15, -0.1) is 11.3 Å². The van der Waals surface area contributed by atoms with Gasteiger partial charge in [0.2, 0.25) is 0 Å². The van der Waals surface area contributed by atoms with Crippen molar-refractivity contribution in [2.75, 3.05) is 13.2 Å². The second kappa shape index (κ2) is 6.98. The fraction of sp³-hybridized carbons (Fsp3) is 0.524. The van der Waals surface area contributed by atoms with Crippen molar-refractivity contribution in [3.8, 4) is 0 Å². The quantitative estimate of drug-likeness (QED) is 0.637. The summed E-state index contributed by atoms with van der Waals surface area (Å²) in [6.45, 7) is 5.57. The molecule has 0 unspecified atom stereocenters. The zero-order valence-corrected chi connectivity index (χ0v) is 18.8. The van der Waals surface area contributed by atoms with Crippen LogP contribution in [0.2, 0.25) is 0 Å². The lowest BCUT2D eigenvalue weighted by Crippen LogP contribution is -2.35. The highest BCUT2D eigenvalue weighted by Gasteiger charge is 2.39. The van der Waals surface area contributed by atoms with Crippen LogP contribution in [0, 0.1) is 13.8 Å². The Kier molecular flexibility index (Phi) is 4.58. The van der Waals surface area contributed by atoms with Gasteiger partial charge in [0.25, 0.3) is 11.5 Å². The molecule has 1 aliphatic heterocycles. The van der Waals surface area contributed by atoms with E-state index in [0.29, 0.717) is 23.3 Å². The second-order valence-electron chi connectivity index (χ2n) is 8.89. The maximum Gasteiger partial charge on any atom is 0.279 e. The van der Waals surface area contributed by atoms with Crippen LogP contribution in [0.1, 0.15) is 63.6 Å². The number of aromatic nitrogens is 4. The minimum Gasteiger partial charge on any atom is -0.386 e. The van der Waals surface area contributed by atoms with Gasteiger partial charge in [-0.25, -0.2) is 9.75 Å². The number of hydrogen-bond donors (Lipinski definition) is 2. The summed E-state index contributed by atoms with van der Waals surface area (Å²) < 4.78 is 2.12. The zero-order chi connectivity index (χ0) is 22.1. The van der Waals surface area contributed by atoms with Crippen molar-refractivity contribution in [2.24, 2.45) is 7.05 Å². The number of nitrogens with one attached hydrogen (secondary N) is 1. The number of thiophene rings is 1. The summed E-state index contributed by atoms with van der Waals surface area (Å²) in [5.74, 6) is -0.0761. The molecule has 4 heterocycles. The number of amides is 1. The average molecular weight is 444 g/mol. The third kappa shape index (κ3) is 3.38. The molecular formula is C21H25N5O4S. The fourth-order valence-electron chi connectivity index (χ4n) is 4.12. The molecule has 5 rings (SSSR count). The SMILES string of the molecule is Cc1n[nH]c(C)c1Cc1sc2c(C3CC3)nn(C)c(=O)c2c1C(=O)N1C[C@](C)(O)CO1. The summed E-state index contributed by atoms with van der Waals surface area (Å²) in [6.07, 6.45) is 2.55. The molecule has 1 aliphatic carbocycles. The molecule has 10 heteroatoms. The third-order valence-electron chi connectivity index (χ3n) is 6.02. The lowest BCUT2D eigenvalue weighted by molar-refractivity contribution is -0.0796. The van der Waals surface area contributed by atoms with Crippen molar-refractivity contribution in [3.05, 3.63) is 43.4 Å². The van der Waals surface area contributed by atoms with Crippen molar-refractivity contribution in [1.29, 1.82) is 0 Å². The topological polar surface area (TPSA) is 113 Å². The lowest BCUT2D eigenvalue weighted by Gasteiger charge is -2.16. The minimum absolute atomic E-state index is 0.0307. The first kappa shape index (κ1) is 20.3. The van der Waals surface area contributed by atoms with Gasteiger partial charge in [-0.2, -0.15) is 10.2 Å². The van der Waals surface area contributed by atoms with Crippen molar-refractivity contribution in [2.45, 2.75) is 51.6 Å². The van der Waals surface area contributed by atoms with Gasteiger partial charge in [0.15, 0.2) is 0 Å². The third-order valence-corrected chi connectivity index (χ3v) is 7.23. The number of aryl methyl sites for hydroxylation is 3. The molecule has 3 aromatic heterocycles. The van der Waals surface area contributed by atoms with Gasteiger partial charge in [0.1, 0.15) is 12.2 Å². The van der Waals surface area contributed by atoms with Crippen LogP contribution in [0.25, 0.3) is 10.1 Å². The predicted octanol–water partition coefficient (Wildman–Crippen LogP) is 1.94. The molecule has 0 spiro atoms. The number of hydrogen-bond acceptors (Lipinski definition) is 7. The van der Waals surface area contributed by atoms with E-state index in [-0.39, 0.29) is 18.7 Å². The summed E-state index contributed by atoms with van der Waals surface area (Å²) >= 11 is 1.46. The van der Waals surface area contributed by atoms with E-state index in [1.165, 1.54) is 21.1 Å². The number of carbonyl (C=O) groups excluding carboxylic acids is 1. The fourth-order valence-corrected chi connectivity index (χ4v) is 5.48.